The van der Waals surface area contributed by atoms with E-state index in [1.54, 1.807) is 18.9 Å². The molecule has 1 unspecified atom stereocenters. The Labute approximate surface area is 157 Å². The van der Waals surface area contributed by atoms with E-state index >= 15 is 0 Å². The molecule has 0 radical (unpaired) electrons. The van der Waals surface area contributed by atoms with Crippen molar-refractivity contribution in [3.63, 3.8) is 0 Å². The van der Waals surface area contributed by atoms with E-state index in [1.807, 2.05) is 39.0 Å². The molecule has 1 aromatic rings. The van der Waals surface area contributed by atoms with Crippen molar-refractivity contribution in [2.75, 3.05) is 25.5 Å². The van der Waals surface area contributed by atoms with Crippen LogP contribution in [0.15, 0.2) is 22.7 Å². The third-order valence-electron chi connectivity index (χ3n) is 4.08. The molecule has 6 nitrogen and oxygen atoms in total. The van der Waals surface area contributed by atoms with Gasteiger partial charge >= 0.3 is 0 Å². The van der Waals surface area contributed by atoms with Gasteiger partial charge in [-0.3, -0.25) is 14.5 Å². The Balaban J connectivity index is 2.55. The predicted molar refractivity (Wildman–Crippen MR) is 102 cm³/mol. The SMILES string of the molecule is Cc1cc(Br)ccc1NC(=O)CN(C)CC(=O)NC(C)(C#N)C(C)C. The number of amides is 2. The van der Waals surface area contributed by atoms with Crippen molar-refractivity contribution in [3.8, 4) is 6.07 Å². The molecule has 1 atom stereocenters. The molecule has 2 N–H and O–H groups in total. The number of likely N-dealkylation sites (N-methyl/N-ethyl adjacent to an activating group) is 1. The van der Waals surface area contributed by atoms with E-state index in [9.17, 15) is 14.9 Å². The molecule has 0 bridgehead atoms. The topological polar surface area (TPSA) is 85.2 Å². The standard InChI is InChI=1S/C18H25BrN4O2/c1-12(2)18(4,11-20)22-17(25)10-23(5)9-16(24)21-15-7-6-14(19)8-13(15)3/h6-8,12H,9-10H2,1-5H3,(H,21,24)(H,22,25). The molecule has 0 spiro atoms. The van der Waals surface area contributed by atoms with Crippen LogP contribution in [-0.4, -0.2) is 42.4 Å². The Bertz CT molecular complexity index is 684. The number of nitrogens with one attached hydrogen (secondary N) is 2. The van der Waals surface area contributed by atoms with Crippen LogP contribution in [0.4, 0.5) is 5.69 Å². The molecule has 0 heterocycles. The van der Waals surface area contributed by atoms with Crippen LogP contribution in [0.1, 0.15) is 26.3 Å². The van der Waals surface area contributed by atoms with Crippen LogP contribution in [0, 0.1) is 24.2 Å². The quantitative estimate of drug-likeness (QED) is 0.725. The zero-order valence-electron chi connectivity index (χ0n) is 15.3. The smallest absolute Gasteiger partial charge is 0.238 e. The first-order valence-electron chi connectivity index (χ1n) is 8.04. The third kappa shape index (κ3) is 6.48. The minimum absolute atomic E-state index is 0.0181. The number of hydrogen-bond donors (Lipinski definition) is 2. The van der Waals surface area contributed by atoms with Gasteiger partial charge in [-0.15, -0.1) is 0 Å². The second-order valence-electron chi connectivity index (χ2n) is 6.70. The largest absolute Gasteiger partial charge is 0.337 e. The van der Waals surface area contributed by atoms with E-state index in [-0.39, 0.29) is 30.8 Å². The molecule has 1 aromatic carbocycles. The molecule has 0 fully saturated rings. The van der Waals surface area contributed by atoms with Crippen molar-refractivity contribution in [2.45, 2.75) is 33.2 Å². The number of aryl methyl sites for hydroxylation is 1. The molecule has 2 amide bonds. The maximum absolute atomic E-state index is 12.1. The zero-order valence-corrected chi connectivity index (χ0v) is 16.9. The van der Waals surface area contributed by atoms with E-state index in [1.165, 1.54) is 0 Å². The maximum atomic E-state index is 12.1. The van der Waals surface area contributed by atoms with Gasteiger partial charge in [0, 0.05) is 10.2 Å². The third-order valence-corrected chi connectivity index (χ3v) is 4.57. The first-order valence-corrected chi connectivity index (χ1v) is 8.83. The highest BCUT2D eigenvalue weighted by molar-refractivity contribution is 9.10. The second-order valence-corrected chi connectivity index (χ2v) is 7.61. The normalized spacial score (nSPS) is 13.2. The molecule has 0 saturated heterocycles. The molecule has 0 saturated carbocycles. The van der Waals surface area contributed by atoms with Gasteiger partial charge in [0.05, 0.1) is 19.2 Å². The van der Waals surface area contributed by atoms with Crippen LogP contribution in [0.3, 0.4) is 0 Å². The van der Waals surface area contributed by atoms with Gasteiger partial charge in [-0.05, 0) is 50.6 Å². The molecule has 136 valence electrons. The number of rotatable bonds is 7. The Morgan fingerprint density at radius 2 is 1.92 bits per heavy atom. The summed E-state index contributed by atoms with van der Waals surface area (Å²) in [5.41, 5.74) is 0.766. The molecule has 0 aliphatic rings. The Morgan fingerprint density at radius 3 is 2.44 bits per heavy atom. The van der Waals surface area contributed by atoms with Crippen molar-refractivity contribution in [1.82, 2.24) is 10.2 Å². The van der Waals surface area contributed by atoms with E-state index in [4.69, 9.17) is 0 Å². The summed E-state index contributed by atoms with van der Waals surface area (Å²) in [5, 5.41) is 14.8. The minimum atomic E-state index is -0.922. The highest BCUT2D eigenvalue weighted by atomic mass is 79.9. The number of halogens is 1. The van der Waals surface area contributed by atoms with Gasteiger partial charge in [-0.25, -0.2) is 0 Å². The van der Waals surface area contributed by atoms with Crippen molar-refractivity contribution in [2.24, 2.45) is 5.92 Å². The molecule has 0 aromatic heterocycles. The van der Waals surface area contributed by atoms with Crippen LogP contribution >= 0.6 is 15.9 Å². The fraction of sp³-hybridized carbons (Fsp3) is 0.500. The number of carbonyl (C=O) groups excluding carboxylic acids is 2. The van der Waals surface area contributed by atoms with Crippen molar-refractivity contribution >= 4 is 33.4 Å². The summed E-state index contributed by atoms with van der Waals surface area (Å²) in [5.74, 6) is -0.504. The number of hydrogen-bond acceptors (Lipinski definition) is 4. The zero-order chi connectivity index (χ0) is 19.2. The monoisotopic (exact) mass is 408 g/mol. The molecule has 1 rings (SSSR count). The van der Waals surface area contributed by atoms with E-state index in [0.717, 1.165) is 15.7 Å². The van der Waals surface area contributed by atoms with Gasteiger partial charge in [0.15, 0.2) is 0 Å². The summed E-state index contributed by atoms with van der Waals surface area (Å²) in [6, 6.07) is 7.73. The van der Waals surface area contributed by atoms with Gasteiger partial charge in [0.2, 0.25) is 11.8 Å². The van der Waals surface area contributed by atoms with Gasteiger partial charge in [0.25, 0.3) is 0 Å². The summed E-state index contributed by atoms with van der Waals surface area (Å²) in [6.45, 7) is 7.47. The first kappa shape index (κ1) is 21.1. The molecule has 0 aliphatic heterocycles. The fourth-order valence-electron chi connectivity index (χ4n) is 2.13. The maximum Gasteiger partial charge on any atom is 0.238 e. The average Bonchev–Trinajstić information content (AvgIpc) is 2.49. The predicted octanol–water partition coefficient (Wildman–Crippen LogP) is 2.68. The number of benzene rings is 1. The van der Waals surface area contributed by atoms with Gasteiger partial charge in [-0.2, -0.15) is 5.26 Å². The number of carbonyl (C=O) groups is 2. The second kappa shape index (κ2) is 8.97. The molecular formula is C18H25BrN4O2. The van der Waals surface area contributed by atoms with Crippen molar-refractivity contribution < 1.29 is 9.59 Å². The van der Waals surface area contributed by atoms with E-state index in [2.05, 4.69) is 32.6 Å². The Hall–Kier alpha value is -1.91. The van der Waals surface area contributed by atoms with E-state index in [0.29, 0.717) is 0 Å². The number of nitriles is 1. The Kier molecular flexibility index (Phi) is 7.59. The number of anilines is 1. The lowest BCUT2D eigenvalue weighted by atomic mass is 9.90. The fourth-order valence-corrected chi connectivity index (χ4v) is 2.61. The highest BCUT2D eigenvalue weighted by Crippen LogP contribution is 2.20. The van der Waals surface area contributed by atoms with Crippen LogP contribution in [0.5, 0.6) is 0 Å². The first-order chi connectivity index (χ1) is 11.6. The highest BCUT2D eigenvalue weighted by Gasteiger charge is 2.30. The van der Waals surface area contributed by atoms with Gasteiger partial charge in [0.1, 0.15) is 5.54 Å². The molecular weight excluding hydrogens is 384 g/mol. The lowest BCUT2D eigenvalue weighted by molar-refractivity contribution is -0.124. The summed E-state index contributed by atoms with van der Waals surface area (Å²) < 4.78 is 0.947. The summed E-state index contributed by atoms with van der Waals surface area (Å²) in [6.07, 6.45) is 0. The molecule has 7 heteroatoms. The van der Waals surface area contributed by atoms with Crippen molar-refractivity contribution in [3.05, 3.63) is 28.2 Å². The minimum Gasteiger partial charge on any atom is -0.337 e. The summed E-state index contributed by atoms with van der Waals surface area (Å²) in [7, 11) is 1.69. The summed E-state index contributed by atoms with van der Waals surface area (Å²) >= 11 is 3.38. The van der Waals surface area contributed by atoms with Crippen LogP contribution in [-0.2, 0) is 9.59 Å². The van der Waals surface area contributed by atoms with Crippen LogP contribution in [0.25, 0.3) is 0 Å². The summed E-state index contributed by atoms with van der Waals surface area (Å²) in [4.78, 5) is 25.9. The van der Waals surface area contributed by atoms with Gasteiger partial charge in [-0.1, -0.05) is 29.8 Å². The molecule has 0 aliphatic carbocycles. The van der Waals surface area contributed by atoms with Crippen LogP contribution in [0.2, 0.25) is 0 Å². The lowest BCUT2D eigenvalue weighted by Gasteiger charge is -2.28. The Morgan fingerprint density at radius 1 is 1.32 bits per heavy atom. The van der Waals surface area contributed by atoms with E-state index < -0.39 is 5.54 Å². The van der Waals surface area contributed by atoms with Crippen molar-refractivity contribution in [1.29, 1.82) is 5.26 Å². The number of nitrogens with zero attached hydrogens (tertiary/aromatic N) is 2. The molecule has 25 heavy (non-hydrogen) atoms. The lowest BCUT2D eigenvalue weighted by Crippen LogP contribution is -2.51. The van der Waals surface area contributed by atoms with Crippen LogP contribution < -0.4 is 10.6 Å². The van der Waals surface area contributed by atoms with Gasteiger partial charge < -0.3 is 10.6 Å². The average molecular weight is 409 g/mol.